The van der Waals surface area contributed by atoms with Crippen molar-refractivity contribution < 1.29 is 9.47 Å². The highest BCUT2D eigenvalue weighted by Crippen LogP contribution is 2.21. The summed E-state index contributed by atoms with van der Waals surface area (Å²) < 4.78 is 11.7. The summed E-state index contributed by atoms with van der Waals surface area (Å²) in [7, 11) is 1.85. The summed E-state index contributed by atoms with van der Waals surface area (Å²) in [6.07, 6.45) is 3.67. The van der Waals surface area contributed by atoms with E-state index in [0.29, 0.717) is 0 Å². The molecular weight excluding hydrogens is 429 g/mol. The van der Waals surface area contributed by atoms with E-state index in [1.54, 1.807) is 0 Å². The molecule has 25 heavy (non-hydrogen) atoms. The predicted octanol–water partition coefficient (Wildman–Crippen LogP) is 2.61. The van der Waals surface area contributed by atoms with Crippen LogP contribution in [0.4, 0.5) is 0 Å². The Balaban J connectivity index is 0.00000225. The number of rotatable bonds is 4. The summed E-state index contributed by atoms with van der Waals surface area (Å²) in [6, 6.07) is 8.55. The molecule has 2 aliphatic rings. The first-order valence-electron chi connectivity index (χ1n) is 9.01. The number of guanidine groups is 1. The van der Waals surface area contributed by atoms with Crippen molar-refractivity contribution in [2.45, 2.75) is 38.4 Å². The largest absolute Gasteiger partial charge is 0.375 e. The molecule has 0 aromatic heterocycles. The van der Waals surface area contributed by atoms with E-state index in [9.17, 15) is 0 Å². The van der Waals surface area contributed by atoms with Gasteiger partial charge in [0, 0.05) is 33.3 Å². The Labute approximate surface area is 168 Å². The van der Waals surface area contributed by atoms with E-state index < -0.39 is 0 Å². The second kappa shape index (κ2) is 10.3. The van der Waals surface area contributed by atoms with Gasteiger partial charge in [-0.15, -0.1) is 24.0 Å². The zero-order valence-electron chi connectivity index (χ0n) is 15.2. The van der Waals surface area contributed by atoms with Crippen LogP contribution in [0.5, 0.6) is 0 Å². The molecule has 2 unspecified atom stereocenters. The second-order valence-electron chi connectivity index (χ2n) is 6.56. The number of nitrogens with one attached hydrogen (secondary N) is 1. The van der Waals surface area contributed by atoms with Crippen LogP contribution in [0, 0.1) is 6.92 Å². The number of ether oxygens (including phenoxy) is 2. The number of hydrogen-bond acceptors (Lipinski definition) is 3. The lowest BCUT2D eigenvalue weighted by Gasteiger charge is -2.37. The Morgan fingerprint density at radius 2 is 2.04 bits per heavy atom. The molecule has 2 heterocycles. The van der Waals surface area contributed by atoms with E-state index >= 15 is 0 Å². The molecule has 1 N–H and O–H groups in total. The number of hydrogen-bond donors (Lipinski definition) is 1. The molecule has 6 heteroatoms. The van der Waals surface area contributed by atoms with Crippen molar-refractivity contribution in [3.05, 3.63) is 35.4 Å². The van der Waals surface area contributed by atoms with Crippen LogP contribution in [0.2, 0.25) is 0 Å². The minimum Gasteiger partial charge on any atom is -0.375 e. The molecule has 3 rings (SSSR count). The first-order chi connectivity index (χ1) is 11.8. The number of nitrogens with zero attached hydrogens (tertiary/aromatic N) is 2. The van der Waals surface area contributed by atoms with Crippen molar-refractivity contribution in [2.24, 2.45) is 4.99 Å². The number of aryl methyl sites for hydroxylation is 1. The third-order valence-corrected chi connectivity index (χ3v) is 4.92. The normalized spacial score (nSPS) is 24.1. The van der Waals surface area contributed by atoms with Crippen LogP contribution in [-0.4, -0.2) is 63.0 Å². The maximum absolute atomic E-state index is 5.93. The zero-order chi connectivity index (χ0) is 16.8. The van der Waals surface area contributed by atoms with Gasteiger partial charge in [-0.2, -0.15) is 0 Å². The van der Waals surface area contributed by atoms with Gasteiger partial charge in [0.25, 0.3) is 0 Å². The fourth-order valence-electron chi connectivity index (χ4n) is 3.52. The zero-order valence-corrected chi connectivity index (χ0v) is 17.6. The molecule has 0 bridgehead atoms. The third kappa shape index (κ3) is 5.56. The molecule has 0 aliphatic carbocycles. The Bertz CT molecular complexity index is 561. The summed E-state index contributed by atoms with van der Waals surface area (Å²) in [5, 5.41) is 3.51. The quantitative estimate of drug-likeness (QED) is 0.427. The minimum atomic E-state index is 0. The molecule has 2 fully saturated rings. The first kappa shape index (κ1) is 20.5. The molecule has 2 saturated heterocycles. The van der Waals surface area contributed by atoms with Crippen LogP contribution in [0.15, 0.2) is 29.3 Å². The highest BCUT2D eigenvalue weighted by molar-refractivity contribution is 14.0. The van der Waals surface area contributed by atoms with Gasteiger partial charge in [-0.05, 0) is 37.3 Å². The Morgan fingerprint density at radius 1 is 1.24 bits per heavy atom. The van der Waals surface area contributed by atoms with Gasteiger partial charge >= 0.3 is 0 Å². The molecule has 140 valence electrons. The van der Waals surface area contributed by atoms with Gasteiger partial charge in [-0.3, -0.25) is 4.99 Å². The van der Waals surface area contributed by atoms with Gasteiger partial charge in [0.15, 0.2) is 5.96 Å². The van der Waals surface area contributed by atoms with Crippen LogP contribution in [0.3, 0.4) is 0 Å². The SMILES string of the molecule is CN=C(NCCc1ccccc1C)N1CCOC(C2CCCO2)C1.I. The van der Waals surface area contributed by atoms with E-state index in [1.165, 1.54) is 11.1 Å². The van der Waals surface area contributed by atoms with Crippen LogP contribution >= 0.6 is 24.0 Å². The lowest BCUT2D eigenvalue weighted by Crippen LogP contribution is -2.53. The highest BCUT2D eigenvalue weighted by Gasteiger charge is 2.32. The van der Waals surface area contributed by atoms with Crippen molar-refractivity contribution in [3.63, 3.8) is 0 Å². The molecule has 1 aromatic rings. The molecule has 0 amide bonds. The molecule has 0 saturated carbocycles. The lowest BCUT2D eigenvalue weighted by molar-refractivity contribution is -0.0816. The molecule has 2 atom stereocenters. The van der Waals surface area contributed by atoms with Crippen molar-refractivity contribution in [1.29, 1.82) is 0 Å². The maximum atomic E-state index is 5.93. The fraction of sp³-hybridized carbons (Fsp3) is 0.632. The molecule has 0 radical (unpaired) electrons. The number of halogens is 1. The standard InChI is InChI=1S/C19H29N3O2.HI/c1-15-6-3-4-7-16(15)9-10-21-19(20-2)22-11-13-24-18(14-22)17-8-5-12-23-17;/h3-4,6-7,17-18H,5,8-14H2,1-2H3,(H,20,21);1H. The van der Waals surface area contributed by atoms with Crippen molar-refractivity contribution in [2.75, 3.05) is 39.9 Å². The number of aliphatic imine (C=N–C) groups is 1. The highest BCUT2D eigenvalue weighted by atomic mass is 127. The smallest absolute Gasteiger partial charge is 0.193 e. The third-order valence-electron chi connectivity index (χ3n) is 4.92. The van der Waals surface area contributed by atoms with Crippen molar-refractivity contribution in [3.8, 4) is 0 Å². The summed E-state index contributed by atoms with van der Waals surface area (Å²) in [4.78, 5) is 6.76. The van der Waals surface area contributed by atoms with E-state index in [-0.39, 0.29) is 36.2 Å². The van der Waals surface area contributed by atoms with E-state index in [1.807, 2.05) is 7.05 Å². The van der Waals surface area contributed by atoms with Gasteiger partial charge in [0.05, 0.1) is 12.7 Å². The monoisotopic (exact) mass is 459 g/mol. The first-order valence-corrected chi connectivity index (χ1v) is 9.01. The summed E-state index contributed by atoms with van der Waals surface area (Å²) in [5.41, 5.74) is 2.73. The topological polar surface area (TPSA) is 46.1 Å². The minimum absolute atomic E-state index is 0. The summed E-state index contributed by atoms with van der Waals surface area (Å²) in [5.74, 6) is 0.967. The number of morpholine rings is 1. The Hall–Kier alpha value is -0.860. The molecular formula is C19H30IN3O2. The average molecular weight is 459 g/mol. The lowest BCUT2D eigenvalue weighted by atomic mass is 10.1. The fourth-order valence-corrected chi connectivity index (χ4v) is 3.52. The van der Waals surface area contributed by atoms with Gasteiger partial charge < -0.3 is 19.7 Å². The number of benzene rings is 1. The second-order valence-corrected chi connectivity index (χ2v) is 6.56. The molecule has 5 nitrogen and oxygen atoms in total. The summed E-state index contributed by atoms with van der Waals surface area (Å²) >= 11 is 0. The maximum Gasteiger partial charge on any atom is 0.193 e. The van der Waals surface area contributed by atoms with Gasteiger partial charge in [-0.25, -0.2) is 0 Å². The predicted molar refractivity (Wildman–Crippen MR) is 112 cm³/mol. The van der Waals surface area contributed by atoms with E-state index in [2.05, 4.69) is 46.4 Å². The Morgan fingerprint density at radius 3 is 2.76 bits per heavy atom. The van der Waals surface area contributed by atoms with E-state index in [0.717, 1.165) is 58.1 Å². The molecule has 0 spiro atoms. The van der Waals surface area contributed by atoms with Crippen molar-refractivity contribution in [1.82, 2.24) is 10.2 Å². The van der Waals surface area contributed by atoms with E-state index in [4.69, 9.17) is 9.47 Å². The molecule has 2 aliphatic heterocycles. The van der Waals surface area contributed by atoms with Crippen LogP contribution in [-0.2, 0) is 15.9 Å². The van der Waals surface area contributed by atoms with Gasteiger partial charge in [0.2, 0.25) is 0 Å². The van der Waals surface area contributed by atoms with Gasteiger partial charge in [0.1, 0.15) is 6.10 Å². The van der Waals surface area contributed by atoms with Crippen molar-refractivity contribution >= 4 is 29.9 Å². The average Bonchev–Trinajstić information content (AvgIpc) is 3.15. The van der Waals surface area contributed by atoms with Crippen LogP contribution in [0.25, 0.3) is 0 Å². The Kier molecular flexibility index (Phi) is 8.45. The van der Waals surface area contributed by atoms with Crippen LogP contribution in [0.1, 0.15) is 24.0 Å². The molecule has 1 aromatic carbocycles. The van der Waals surface area contributed by atoms with Gasteiger partial charge in [-0.1, -0.05) is 24.3 Å². The van der Waals surface area contributed by atoms with Crippen LogP contribution < -0.4 is 5.32 Å². The summed E-state index contributed by atoms with van der Waals surface area (Å²) in [6.45, 7) is 6.40.